The van der Waals surface area contributed by atoms with Crippen LogP contribution in [-0.2, 0) is 33.2 Å². The van der Waals surface area contributed by atoms with Gasteiger partial charge in [-0.1, -0.05) is 133 Å². The van der Waals surface area contributed by atoms with E-state index in [1.165, 1.54) is 56.9 Å². The van der Waals surface area contributed by atoms with Gasteiger partial charge in [0.05, 0.1) is 13.2 Å². The van der Waals surface area contributed by atoms with Crippen molar-refractivity contribution < 1.29 is 23.0 Å². The van der Waals surface area contributed by atoms with E-state index in [2.05, 4.69) is 61.7 Å². The number of hydrogen-bond acceptors (Lipinski definition) is 5. The molecule has 0 aliphatic carbocycles. The first-order valence-corrected chi connectivity index (χ1v) is 21.3. The van der Waals surface area contributed by atoms with Crippen LogP contribution in [0.5, 0.6) is 11.5 Å². The van der Waals surface area contributed by atoms with Crippen molar-refractivity contribution >= 4 is 13.9 Å². The molecule has 1 aliphatic rings. The van der Waals surface area contributed by atoms with E-state index in [1.54, 1.807) is 0 Å². The average Bonchev–Trinajstić information content (AvgIpc) is 3.11. The summed E-state index contributed by atoms with van der Waals surface area (Å²) in [7, 11) is -2.96. The summed E-state index contributed by atoms with van der Waals surface area (Å²) in [6, 6.07) is 20.0. The molecule has 3 atom stereocenters. The molecule has 3 aromatic rings. The van der Waals surface area contributed by atoms with Gasteiger partial charge in [0.2, 0.25) is 0 Å². The first-order chi connectivity index (χ1) is 24.4. The number of ether oxygens (including phenoxy) is 2. The molecule has 3 unspecified atom stereocenters. The first kappa shape index (κ1) is 41.2. The Labute approximate surface area is 311 Å². The minimum Gasteiger partial charge on any atom is -0.487 e. The lowest BCUT2D eigenvalue weighted by Crippen LogP contribution is -2.37. The zero-order valence-corrected chi connectivity index (χ0v) is 34.0. The largest absolute Gasteiger partial charge is 0.487 e. The Morgan fingerprint density at radius 1 is 0.706 bits per heavy atom. The van der Waals surface area contributed by atoms with E-state index in [9.17, 15) is 0 Å². The van der Waals surface area contributed by atoms with Crippen LogP contribution < -0.4 is 9.47 Å². The normalized spacial score (nSPS) is 17.2. The minimum absolute atomic E-state index is 0.0193. The molecule has 0 aromatic heterocycles. The number of fused-ring (bicyclic) bond motifs is 1. The Hall–Kier alpha value is -2.56. The predicted molar refractivity (Wildman–Crippen MR) is 216 cm³/mol. The molecule has 1 aliphatic heterocycles. The molecule has 3 aromatic carbocycles. The number of benzene rings is 3. The van der Waals surface area contributed by atoms with Gasteiger partial charge >= 0.3 is 0 Å². The molecule has 0 radical (unpaired) electrons. The van der Waals surface area contributed by atoms with Gasteiger partial charge in [0, 0.05) is 5.56 Å². The molecule has 0 N–H and O–H groups in total. The number of hydrogen-bond donors (Lipinski definition) is 0. The minimum atomic E-state index is -2.96. The maximum absolute atomic E-state index is 6.89. The molecule has 0 fully saturated rings. The maximum Gasteiger partial charge on any atom is 0.254 e. The Bertz CT molecular complexity index is 1470. The van der Waals surface area contributed by atoms with Crippen LogP contribution in [0.3, 0.4) is 0 Å². The average molecular weight is 719 g/mol. The monoisotopic (exact) mass is 718 g/mol. The second-order valence-corrected chi connectivity index (χ2v) is 17.9. The van der Waals surface area contributed by atoms with Crippen LogP contribution in [-0.4, -0.2) is 18.7 Å². The highest BCUT2D eigenvalue weighted by molar-refractivity contribution is 7.59. The van der Waals surface area contributed by atoms with Crippen LogP contribution in [0.25, 0.3) is 0 Å². The van der Waals surface area contributed by atoms with E-state index < -0.39 is 7.57 Å². The van der Waals surface area contributed by atoms with Gasteiger partial charge in [0.1, 0.15) is 17.1 Å². The maximum atomic E-state index is 6.89. The molecule has 4 rings (SSSR count). The fourth-order valence-electron chi connectivity index (χ4n) is 7.25. The van der Waals surface area contributed by atoms with Crippen LogP contribution in [0.4, 0.5) is 0 Å². The molecular weight excluding hydrogens is 651 g/mol. The van der Waals surface area contributed by atoms with Crippen LogP contribution >= 0.6 is 7.57 Å². The highest BCUT2D eigenvalue weighted by Crippen LogP contribution is 2.51. The van der Waals surface area contributed by atoms with Crippen molar-refractivity contribution in [2.24, 2.45) is 17.8 Å². The zero-order chi connectivity index (χ0) is 36.9. The molecule has 0 amide bonds. The van der Waals surface area contributed by atoms with Gasteiger partial charge in [-0.25, -0.2) is 0 Å². The van der Waals surface area contributed by atoms with Gasteiger partial charge < -0.3 is 18.5 Å². The van der Waals surface area contributed by atoms with Crippen LogP contribution in [0.2, 0.25) is 0 Å². The summed E-state index contributed by atoms with van der Waals surface area (Å²) in [5, 5.41) is 0. The van der Waals surface area contributed by atoms with E-state index >= 15 is 0 Å². The SMILES string of the molecule is C=P(OCOc1c(C)c(C)c2c(c1C)CCC(C)(CCCC(C)CCCC(C)CCCC(C)C)O2)(OCc1ccccc1)OCc1ccccc1. The fraction of sp³-hybridized carbons (Fsp3) is 0.578. The lowest BCUT2D eigenvalue weighted by atomic mass is 9.83. The van der Waals surface area contributed by atoms with Crippen molar-refractivity contribution in [3.8, 4) is 11.5 Å². The second kappa shape index (κ2) is 20.0. The Balaban J connectivity index is 1.30. The molecule has 0 bridgehead atoms. The number of rotatable bonds is 22. The highest BCUT2D eigenvalue weighted by atomic mass is 31.2. The molecule has 282 valence electrons. The van der Waals surface area contributed by atoms with Crippen molar-refractivity contribution in [2.45, 2.75) is 145 Å². The standard InChI is InChI=1S/C45H67O5P/c1-34(2)19-16-20-35(3)21-17-22-36(4)23-18-29-45(8)30-28-42-39(7)43(37(5)38(6)44(42)50-45)46-33-49-51(9,47-31-40-24-12-10-13-25-40)48-32-41-26-14-11-15-27-41/h10-15,24-27,34-36H,9,16-23,28-33H2,1-8H3. The van der Waals surface area contributed by atoms with Crippen LogP contribution in [0, 0.1) is 38.5 Å². The first-order valence-electron chi connectivity index (χ1n) is 19.6. The zero-order valence-electron chi connectivity index (χ0n) is 33.1. The smallest absolute Gasteiger partial charge is 0.254 e. The molecule has 5 nitrogen and oxygen atoms in total. The quantitative estimate of drug-likeness (QED) is 0.0764. The van der Waals surface area contributed by atoms with Crippen LogP contribution in [0.1, 0.15) is 132 Å². The molecule has 0 saturated heterocycles. The Kier molecular flexibility index (Phi) is 16.2. The van der Waals surface area contributed by atoms with Crippen molar-refractivity contribution in [1.29, 1.82) is 0 Å². The van der Waals surface area contributed by atoms with Crippen molar-refractivity contribution in [3.63, 3.8) is 0 Å². The van der Waals surface area contributed by atoms with Crippen molar-refractivity contribution in [1.82, 2.24) is 0 Å². The van der Waals surface area contributed by atoms with Gasteiger partial charge in [-0.3, -0.25) is 4.52 Å². The van der Waals surface area contributed by atoms with Gasteiger partial charge in [-0.15, -0.1) is 0 Å². The van der Waals surface area contributed by atoms with Crippen molar-refractivity contribution in [2.75, 3.05) is 6.79 Å². The third-order valence-electron chi connectivity index (χ3n) is 10.8. The summed E-state index contributed by atoms with van der Waals surface area (Å²) in [6.07, 6.45) is 18.1. The summed E-state index contributed by atoms with van der Waals surface area (Å²) in [5.74, 6) is 4.35. The summed E-state index contributed by atoms with van der Waals surface area (Å²) >= 11 is 0. The molecule has 6 heteroatoms. The van der Waals surface area contributed by atoms with Gasteiger partial charge in [-0.05, 0) is 105 Å². The molecule has 1 heterocycles. The summed E-state index contributed by atoms with van der Waals surface area (Å²) < 4.78 is 31.9. The lowest BCUT2D eigenvalue weighted by molar-refractivity contribution is 0.0498. The topological polar surface area (TPSA) is 46.2 Å². The fourth-order valence-corrected chi connectivity index (χ4v) is 8.38. The molecular formula is C45H67O5P. The lowest BCUT2D eigenvalue weighted by Gasteiger charge is -2.38. The summed E-state index contributed by atoms with van der Waals surface area (Å²) in [5.41, 5.74) is 6.51. The Morgan fingerprint density at radius 2 is 1.24 bits per heavy atom. The van der Waals surface area contributed by atoms with E-state index in [-0.39, 0.29) is 12.4 Å². The van der Waals surface area contributed by atoms with E-state index in [0.29, 0.717) is 13.2 Å². The summed E-state index contributed by atoms with van der Waals surface area (Å²) in [6.45, 7) is 18.9. The van der Waals surface area contributed by atoms with E-state index in [4.69, 9.17) is 23.0 Å². The van der Waals surface area contributed by atoms with Gasteiger partial charge in [0.15, 0.2) is 6.79 Å². The van der Waals surface area contributed by atoms with E-state index in [0.717, 1.165) is 76.3 Å². The van der Waals surface area contributed by atoms with Crippen molar-refractivity contribution in [3.05, 3.63) is 94.0 Å². The third-order valence-corrected chi connectivity index (χ3v) is 12.4. The second-order valence-electron chi connectivity index (χ2n) is 15.9. The molecule has 0 spiro atoms. The summed E-state index contributed by atoms with van der Waals surface area (Å²) in [4.78, 5) is 0. The molecule has 0 saturated carbocycles. The van der Waals surface area contributed by atoms with Gasteiger partial charge in [-0.2, -0.15) is 0 Å². The van der Waals surface area contributed by atoms with Gasteiger partial charge in [0.25, 0.3) is 7.57 Å². The highest BCUT2D eigenvalue weighted by Gasteiger charge is 2.34. The van der Waals surface area contributed by atoms with E-state index in [1.807, 2.05) is 60.7 Å². The van der Waals surface area contributed by atoms with Crippen LogP contribution in [0.15, 0.2) is 60.7 Å². The third kappa shape index (κ3) is 13.1. The predicted octanol–water partition coefficient (Wildman–Crippen LogP) is 13.1. The Morgan fingerprint density at radius 3 is 1.78 bits per heavy atom. The molecule has 51 heavy (non-hydrogen) atoms.